The summed E-state index contributed by atoms with van der Waals surface area (Å²) in [6, 6.07) is 1.63. The molecule has 6 nitrogen and oxygen atoms in total. The van der Waals surface area contributed by atoms with Crippen molar-refractivity contribution in [3.05, 3.63) is 21.7 Å². The molecule has 98 valence electrons. The fourth-order valence-electron chi connectivity index (χ4n) is 1.49. The van der Waals surface area contributed by atoms with Crippen LogP contribution < -0.4 is 4.72 Å². The van der Waals surface area contributed by atoms with Crippen LogP contribution in [0.2, 0.25) is 0 Å². The fraction of sp³-hybridized carbons (Fsp3) is 0.400. The Bertz CT molecular complexity index is 658. The lowest BCUT2D eigenvalue weighted by atomic mass is 10.4. The Morgan fingerprint density at radius 3 is 2.67 bits per heavy atom. The van der Waals surface area contributed by atoms with Gasteiger partial charge in [-0.25, -0.2) is 13.1 Å². The van der Waals surface area contributed by atoms with Crippen molar-refractivity contribution in [2.45, 2.75) is 32.1 Å². The molecule has 0 spiro atoms. The van der Waals surface area contributed by atoms with Gasteiger partial charge in [0.1, 0.15) is 4.90 Å². The Balaban J connectivity index is 2.29. The van der Waals surface area contributed by atoms with Crippen molar-refractivity contribution >= 4 is 27.3 Å². The summed E-state index contributed by atoms with van der Waals surface area (Å²) >= 11 is 1.43. The molecule has 1 N–H and O–H groups in total. The van der Waals surface area contributed by atoms with E-state index >= 15 is 0 Å². The quantitative estimate of drug-likeness (QED) is 0.931. The Kier molecular flexibility index (Phi) is 3.40. The van der Waals surface area contributed by atoms with E-state index in [1.54, 1.807) is 13.0 Å². The highest BCUT2D eigenvalue weighted by Gasteiger charge is 2.21. The molecule has 0 saturated heterocycles. The molecule has 8 heteroatoms. The average Bonchev–Trinajstić information content (AvgIpc) is 2.84. The second kappa shape index (κ2) is 4.69. The van der Waals surface area contributed by atoms with Gasteiger partial charge in [0.15, 0.2) is 0 Å². The van der Waals surface area contributed by atoms with Crippen LogP contribution in [0.4, 0.5) is 5.95 Å². The van der Waals surface area contributed by atoms with Crippen LogP contribution in [0.15, 0.2) is 15.5 Å². The summed E-state index contributed by atoms with van der Waals surface area (Å²) < 4.78 is 31.4. The first kappa shape index (κ1) is 13.0. The first-order valence-electron chi connectivity index (χ1n) is 5.35. The van der Waals surface area contributed by atoms with E-state index < -0.39 is 10.0 Å². The van der Waals surface area contributed by atoms with Crippen molar-refractivity contribution in [1.82, 2.24) is 10.1 Å². The summed E-state index contributed by atoms with van der Waals surface area (Å²) in [7, 11) is -3.64. The van der Waals surface area contributed by atoms with E-state index in [0.29, 0.717) is 12.3 Å². The molecule has 0 unspecified atom stereocenters. The topological polar surface area (TPSA) is 85.1 Å². The second-order valence-electron chi connectivity index (χ2n) is 3.75. The number of hydrogen-bond donors (Lipinski definition) is 1. The highest BCUT2D eigenvalue weighted by atomic mass is 32.2. The maximum Gasteiger partial charge on any atom is 0.277 e. The van der Waals surface area contributed by atoms with Crippen LogP contribution >= 0.6 is 11.3 Å². The fourth-order valence-corrected chi connectivity index (χ4v) is 3.98. The SMILES string of the molecule is CCc1nc(NS(=O)(=O)c2cc(C)sc2C)no1. The average molecular weight is 287 g/mol. The Morgan fingerprint density at radius 2 is 2.17 bits per heavy atom. The molecule has 0 amide bonds. The normalized spacial score (nSPS) is 11.7. The van der Waals surface area contributed by atoms with E-state index in [9.17, 15) is 8.42 Å². The molecule has 0 saturated carbocycles. The van der Waals surface area contributed by atoms with Crippen LogP contribution in [0, 0.1) is 13.8 Å². The number of rotatable bonds is 4. The lowest BCUT2D eigenvalue weighted by Crippen LogP contribution is -2.14. The summed E-state index contributed by atoms with van der Waals surface area (Å²) in [5.41, 5.74) is 0. The molecule has 0 aliphatic rings. The van der Waals surface area contributed by atoms with Crippen molar-refractivity contribution < 1.29 is 12.9 Å². The van der Waals surface area contributed by atoms with E-state index in [0.717, 1.165) is 9.75 Å². The molecule has 0 aliphatic carbocycles. The van der Waals surface area contributed by atoms with E-state index in [2.05, 4.69) is 14.9 Å². The van der Waals surface area contributed by atoms with Crippen LogP contribution in [0.3, 0.4) is 0 Å². The summed E-state index contributed by atoms with van der Waals surface area (Å²) in [6.07, 6.45) is 0.561. The van der Waals surface area contributed by atoms with E-state index in [-0.39, 0.29) is 10.8 Å². The van der Waals surface area contributed by atoms with Gasteiger partial charge in [0, 0.05) is 16.2 Å². The number of thiophene rings is 1. The van der Waals surface area contributed by atoms with Gasteiger partial charge < -0.3 is 4.52 Å². The Labute approximate surface area is 109 Å². The van der Waals surface area contributed by atoms with Crippen molar-refractivity contribution in [2.24, 2.45) is 0 Å². The predicted molar refractivity (Wildman–Crippen MR) is 68.3 cm³/mol. The van der Waals surface area contributed by atoms with Gasteiger partial charge in [0.2, 0.25) is 5.89 Å². The number of sulfonamides is 1. The molecule has 0 bridgehead atoms. The smallest absolute Gasteiger partial charge is 0.277 e. The third kappa shape index (κ3) is 2.54. The van der Waals surface area contributed by atoms with Gasteiger partial charge in [-0.15, -0.1) is 11.3 Å². The number of anilines is 1. The molecule has 0 atom stereocenters. The van der Waals surface area contributed by atoms with Gasteiger partial charge in [-0.1, -0.05) is 6.92 Å². The Morgan fingerprint density at radius 1 is 1.44 bits per heavy atom. The van der Waals surface area contributed by atoms with Crippen molar-refractivity contribution in [3.63, 3.8) is 0 Å². The Hall–Kier alpha value is -1.41. The minimum atomic E-state index is -3.64. The molecule has 0 fully saturated rings. The predicted octanol–water partition coefficient (Wildman–Crippen LogP) is 2.11. The maximum absolute atomic E-state index is 12.1. The lowest BCUT2D eigenvalue weighted by Gasteiger charge is -2.02. The number of nitrogens with one attached hydrogen (secondary N) is 1. The molecule has 2 rings (SSSR count). The molecule has 0 radical (unpaired) electrons. The largest absolute Gasteiger partial charge is 0.337 e. The van der Waals surface area contributed by atoms with Crippen molar-refractivity contribution in [3.8, 4) is 0 Å². The molecular formula is C10H13N3O3S2. The minimum absolute atomic E-state index is 0.0323. The van der Waals surface area contributed by atoms with Crippen LogP contribution in [-0.4, -0.2) is 18.6 Å². The number of aromatic nitrogens is 2. The van der Waals surface area contributed by atoms with Crippen LogP contribution in [-0.2, 0) is 16.4 Å². The third-order valence-electron chi connectivity index (χ3n) is 2.28. The lowest BCUT2D eigenvalue weighted by molar-refractivity contribution is 0.383. The first-order valence-corrected chi connectivity index (χ1v) is 7.65. The van der Waals surface area contributed by atoms with Crippen molar-refractivity contribution in [2.75, 3.05) is 4.72 Å². The zero-order valence-corrected chi connectivity index (χ0v) is 11.9. The van der Waals surface area contributed by atoms with Gasteiger partial charge >= 0.3 is 0 Å². The van der Waals surface area contributed by atoms with E-state index in [1.165, 1.54) is 11.3 Å². The van der Waals surface area contributed by atoms with Crippen LogP contribution in [0.25, 0.3) is 0 Å². The number of aryl methyl sites for hydroxylation is 3. The maximum atomic E-state index is 12.1. The van der Waals surface area contributed by atoms with E-state index in [4.69, 9.17) is 4.52 Å². The number of hydrogen-bond acceptors (Lipinski definition) is 6. The molecule has 2 aromatic rings. The molecule has 18 heavy (non-hydrogen) atoms. The molecular weight excluding hydrogens is 274 g/mol. The zero-order valence-electron chi connectivity index (χ0n) is 10.2. The van der Waals surface area contributed by atoms with Gasteiger partial charge in [-0.2, -0.15) is 4.98 Å². The van der Waals surface area contributed by atoms with Crippen LogP contribution in [0.5, 0.6) is 0 Å². The highest BCUT2D eigenvalue weighted by molar-refractivity contribution is 7.92. The monoisotopic (exact) mass is 287 g/mol. The van der Waals surface area contributed by atoms with Gasteiger partial charge in [-0.05, 0) is 25.1 Å². The summed E-state index contributed by atoms with van der Waals surface area (Å²) in [5, 5.41) is 3.56. The molecule has 0 aromatic carbocycles. The van der Waals surface area contributed by atoms with Gasteiger partial charge in [-0.3, -0.25) is 0 Å². The summed E-state index contributed by atoms with van der Waals surface area (Å²) in [5.74, 6) is 0.362. The van der Waals surface area contributed by atoms with E-state index in [1.807, 2.05) is 13.8 Å². The molecule has 2 heterocycles. The number of nitrogens with zero attached hydrogens (tertiary/aromatic N) is 2. The van der Waals surface area contributed by atoms with Crippen LogP contribution in [0.1, 0.15) is 22.6 Å². The summed E-state index contributed by atoms with van der Waals surface area (Å²) in [4.78, 5) is 5.84. The first-order chi connectivity index (χ1) is 8.42. The van der Waals surface area contributed by atoms with Gasteiger partial charge in [0.25, 0.3) is 16.0 Å². The highest BCUT2D eigenvalue weighted by Crippen LogP contribution is 2.26. The molecule has 0 aliphatic heterocycles. The molecule has 2 aromatic heterocycles. The third-order valence-corrected chi connectivity index (χ3v) is 4.83. The minimum Gasteiger partial charge on any atom is -0.337 e. The zero-order chi connectivity index (χ0) is 13.3. The van der Waals surface area contributed by atoms with Crippen molar-refractivity contribution in [1.29, 1.82) is 0 Å². The summed E-state index contributed by atoms with van der Waals surface area (Å²) in [6.45, 7) is 5.47. The second-order valence-corrected chi connectivity index (χ2v) is 6.86. The van der Waals surface area contributed by atoms with Gasteiger partial charge in [0.05, 0.1) is 0 Å². The standard InChI is InChI=1S/C10H13N3O3S2/c1-4-9-11-10(12-16-9)13-18(14,15)8-5-6(2)17-7(8)3/h5H,4H2,1-3H3,(H,12,13).